The Balaban J connectivity index is 1.64. The molecule has 1 aromatic heterocycles. The van der Waals surface area contributed by atoms with Gasteiger partial charge in [0.25, 0.3) is 0 Å². The number of ether oxygens (including phenoxy) is 1. The number of nitrogens with zero attached hydrogens (tertiary/aromatic N) is 3. The highest BCUT2D eigenvalue weighted by molar-refractivity contribution is 7.99. The standard InChI is InChI=1S/C20H20N4O3S/c1-13-7-4-5-10-16(13)18-22-23-20(24(18)2)28-12-17(25)21-15-9-6-8-14(11-15)19(26)27-3/h4-11H,12H2,1-3H3,(H,21,25). The van der Waals surface area contributed by atoms with Crippen LogP contribution in [0.15, 0.2) is 53.7 Å². The number of anilines is 1. The second-order valence-corrected chi connectivity index (χ2v) is 7.03. The summed E-state index contributed by atoms with van der Waals surface area (Å²) in [6.45, 7) is 2.02. The van der Waals surface area contributed by atoms with Gasteiger partial charge in [-0.25, -0.2) is 4.79 Å². The van der Waals surface area contributed by atoms with Gasteiger partial charge in [-0.1, -0.05) is 42.1 Å². The van der Waals surface area contributed by atoms with E-state index in [1.807, 2.05) is 42.8 Å². The number of esters is 1. The number of nitrogens with one attached hydrogen (secondary N) is 1. The predicted molar refractivity (Wildman–Crippen MR) is 108 cm³/mol. The van der Waals surface area contributed by atoms with Gasteiger partial charge in [-0.3, -0.25) is 4.79 Å². The third kappa shape index (κ3) is 4.40. The zero-order chi connectivity index (χ0) is 20.1. The number of amides is 1. The largest absolute Gasteiger partial charge is 0.465 e. The van der Waals surface area contributed by atoms with E-state index < -0.39 is 5.97 Å². The maximum Gasteiger partial charge on any atom is 0.337 e. The molecule has 8 heteroatoms. The molecule has 144 valence electrons. The number of rotatable bonds is 6. The maximum atomic E-state index is 12.3. The Kier molecular flexibility index (Phi) is 6.10. The van der Waals surface area contributed by atoms with Gasteiger partial charge in [-0.15, -0.1) is 10.2 Å². The minimum Gasteiger partial charge on any atom is -0.465 e. The predicted octanol–water partition coefficient (Wildman–Crippen LogP) is 3.31. The lowest BCUT2D eigenvalue weighted by Crippen LogP contribution is -2.15. The minimum absolute atomic E-state index is 0.169. The Hall–Kier alpha value is -3.13. The van der Waals surface area contributed by atoms with E-state index in [1.165, 1.54) is 18.9 Å². The van der Waals surface area contributed by atoms with Gasteiger partial charge in [0.2, 0.25) is 5.91 Å². The van der Waals surface area contributed by atoms with E-state index in [2.05, 4.69) is 20.3 Å². The number of hydrogen-bond donors (Lipinski definition) is 1. The molecule has 1 amide bonds. The molecule has 0 aliphatic carbocycles. The summed E-state index contributed by atoms with van der Waals surface area (Å²) in [5.41, 5.74) is 3.03. The zero-order valence-electron chi connectivity index (χ0n) is 15.8. The fraction of sp³-hybridized carbons (Fsp3) is 0.200. The van der Waals surface area contributed by atoms with E-state index in [1.54, 1.807) is 24.3 Å². The van der Waals surface area contributed by atoms with Crippen LogP contribution in [-0.4, -0.2) is 39.5 Å². The first-order chi connectivity index (χ1) is 13.5. The summed E-state index contributed by atoms with van der Waals surface area (Å²) in [7, 11) is 3.19. The molecule has 2 aromatic carbocycles. The molecule has 0 saturated heterocycles. The molecule has 0 bridgehead atoms. The molecular formula is C20H20N4O3S. The van der Waals surface area contributed by atoms with E-state index in [0.717, 1.165) is 17.0 Å². The summed E-state index contributed by atoms with van der Waals surface area (Å²) in [6.07, 6.45) is 0. The van der Waals surface area contributed by atoms with Crippen LogP contribution in [0.1, 0.15) is 15.9 Å². The van der Waals surface area contributed by atoms with E-state index in [4.69, 9.17) is 0 Å². The second-order valence-electron chi connectivity index (χ2n) is 6.09. The van der Waals surface area contributed by atoms with Crippen LogP contribution < -0.4 is 5.32 Å². The zero-order valence-corrected chi connectivity index (χ0v) is 16.6. The topological polar surface area (TPSA) is 86.1 Å². The number of thioether (sulfide) groups is 1. The normalized spacial score (nSPS) is 10.5. The van der Waals surface area contributed by atoms with E-state index in [-0.39, 0.29) is 11.7 Å². The number of benzene rings is 2. The smallest absolute Gasteiger partial charge is 0.337 e. The molecule has 0 spiro atoms. The van der Waals surface area contributed by atoms with Crippen LogP contribution in [0.5, 0.6) is 0 Å². The average molecular weight is 396 g/mol. The van der Waals surface area contributed by atoms with E-state index in [9.17, 15) is 9.59 Å². The van der Waals surface area contributed by atoms with Crippen molar-refractivity contribution in [3.63, 3.8) is 0 Å². The first kappa shape index (κ1) is 19.6. The number of aryl methyl sites for hydroxylation is 1. The van der Waals surface area contributed by atoms with Crippen LogP contribution in [0.25, 0.3) is 11.4 Å². The van der Waals surface area contributed by atoms with E-state index >= 15 is 0 Å². The fourth-order valence-corrected chi connectivity index (χ4v) is 3.38. The molecule has 1 heterocycles. The van der Waals surface area contributed by atoms with Crippen molar-refractivity contribution in [2.75, 3.05) is 18.2 Å². The van der Waals surface area contributed by atoms with Gasteiger partial charge in [0.1, 0.15) is 0 Å². The maximum absolute atomic E-state index is 12.3. The number of carbonyl (C=O) groups is 2. The summed E-state index contributed by atoms with van der Waals surface area (Å²) in [4.78, 5) is 23.9. The van der Waals surface area contributed by atoms with Crippen molar-refractivity contribution in [2.45, 2.75) is 12.1 Å². The first-order valence-electron chi connectivity index (χ1n) is 8.56. The van der Waals surface area contributed by atoms with Crippen molar-refractivity contribution >= 4 is 29.3 Å². The Morgan fingerprint density at radius 3 is 2.68 bits per heavy atom. The molecule has 28 heavy (non-hydrogen) atoms. The highest BCUT2D eigenvalue weighted by Gasteiger charge is 2.14. The molecule has 0 saturated carbocycles. The third-order valence-corrected chi connectivity index (χ3v) is 5.14. The Morgan fingerprint density at radius 1 is 1.14 bits per heavy atom. The Morgan fingerprint density at radius 2 is 1.93 bits per heavy atom. The summed E-state index contributed by atoms with van der Waals surface area (Å²) >= 11 is 1.30. The van der Waals surface area contributed by atoms with Crippen LogP contribution >= 0.6 is 11.8 Å². The Labute approximate surface area is 167 Å². The summed E-state index contributed by atoms with van der Waals surface area (Å²) in [5, 5.41) is 11.9. The van der Waals surface area contributed by atoms with Gasteiger partial charge < -0.3 is 14.6 Å². The number of methoxy groups -OCH3 is 1. The molecule has 0 aliphatic rings. The molecule has 0 radical (unpaired) electrons. The van der Waals surface area contributed by atoms with Crippen LogP contribution in [0.4, 0.5) is 5.69 Å². The molecule has 7 nitrogen and oxygen atoms in total. The first-order valence-corrected chi connectivity index (χ1v) is 9.54. The van der Waals surface area contributed by atoms with Gasteiger partial charge in [0.15, 0.2) is 11.0 Å². The lowest BCUT2D eigenvalue weighted by molar-refractivity contribution is -0.113. The number of aromatic nitrogens is 3. The van der Waals surface area contributed by atoms with Crippen molar-refractivity contribution in [2.24, 2.45) is 7.05 Å². The van der Waals surface area contributed by atoms with Crippen molar-refractivity contribution in [1.29, 1.82) is 0 Å². The molecule has 1 N–H and O–H groups in total. The van der Waals surface area contributed by atoms with Crippen LogP contribution in [0.3, 0.4) is 0 Å². The molecule has 0 atom stereocenters. The monoisotopic (exact) mass is 396 g/mol. The van der Waals surface area contributed by atoms with Gasteiger partial charge in [0, 0.05) is 18.3 Å². The van der Waals surface area contributed by atoms with Crippen LogP contribution in [-0.2, 0) is 16.6 Å². The highest BCUT2D eigenvalue weighted by Crippen LogP contribution is 2.25. The molecule has 0 fully saturated rings. The molecule has 3 rings (SSSR count). The summed E-state index contributed by atoms with van der Waals surface area (Å²) < 4.78 is 6.56. The molecular weight excluding hydrogens is 376 g/mol. The van der Waals surface area contributed by atoms with Crippen molar-refractivity contribution in [3.8, 4) is 11.4 Å². The third-order valence-electron chi connectivity index (χ3n) is 4.12. The number of carbonyl (C=O) groups excluding carboxylic acids is 2. The summed E-state index contributed by atoms with van der Waals surface area (Å²) in [6, 6.07) is 14.6. The van der Waals surface area contributed by atoms with Crippen LogP contribution in [0.2, 0.25) is 0 Å². The van der Waals surface area contributed by atoms with Crippen molar-refractivity contribution in [1.82, 2.24) is 14.8 Å². The molecule has 3 aromatic rings. The SMILES string of the molecule is COC(=O)c1cccc(NC(=O)CSc2nnc(-c3ccccc3C)n2C)c1. The van der Waals surface area contributed by atoms with E-state index in [0.29, 0.717) is 16.4 Å². The molecule has 0 aliphatic heterocycles. The minimum atomic E-state index is -0.451. The van der Waals surface area contributed by atoms with Gasteiger partial charge >= 0.3 is 5.97 Å². The quantitative estimate of drug-likeness (QED) is 0.508. The summed E-state index contributed by atoms with van der Waals surface area (Å²) in [5.74, 6) is 0.273. The second kappa shape index (κ2) is 8.71. The molecule has 0 unspecified atom stereocenters. The van der Waals surface area contributed by atoms with Gasteiger partial charge in [-0.05, 0) is 30.7 Å². The lowest BCUT2D eigenvalue weighted by Gasteiger charge is -2.07. The Bertz CT molecular complexity index is 1020. The van der Waals surface area contributed by atoms with Crippen LogP contribution in [0, 0.1) is 6.92 Å². The fourth-order valence-electron chi connectivity index (χ4n) is 2.67. The van der Waals surface area contributed by atoms with Gasteiger partial charge in [0.05, 0.1) is 18.4 Å². The van der Waals surface area contributed by atoms with Gasteiger partial charge in [-0.2, -0.15) is 0 Å². The highest BCUT2D eigenvalue weighted by atomic mass is 32.2. The van der Waals surface area contributed by atoms with Crippen molar-refractivity contribution in [3.05, 3.63) is 59.7 Å². The number of hydrogen-bond acceptors (Lipinski definition) is 6. The lowest BCUT2D eigenvalue weighted by atomic mass is 10.1. The van der Waals surface area contributed by atoms with Crippen molar-refractivity contribution < 1.29 is 14.3 Å². The average Bonchev–Trinajstić information content (AvgIpc) is 3.06.